The van der Waals surface area contributed by atoms with E-state index >= 15 is 0 Å². The first-order valence-corrected chi connectivity index (χ1v) is 8.84. The van der Waals surface area contributed by atoms with E-state index < -0.39 is 0 Å². The van der Waals surface area contributed by atoms with E-state index in [1.165, 1.54) is 0 Å². The second-order valence-electron chi connectivity index (χ2n) is 6.65. The Morgan fingerprint density at radius 2 is 1.35 bits per heavy atom. The van der Waals surface area contributed by atoms with Gasteiger partial charge in [-0.3, -0.25) is 4.79 Å². The first-order valence-electron chi connectivity index (χ1n) is 8.84. The second-order valence-corrected chi connectivity index (χ2v) is 6.65. The Morgan fingerprint density at radius 3 is 1.92 bits per heavy atom. The number of likely N-dealkylation sites (N-methyl/N-ethyl adjacent to an activating group) is 1. The van der Waals surface area contributed by atoms with Gasteiger partial charge in [0, 0.05) is 18.2 Å². The zero-order chi connectivity index (χ0) is 18.1. The van der Waals surface area contributed by atoms with E-state index in [1.54, 1.807) is 0 Å². The molecular weight excluding hydrogens is 322 g/mol. The molecule has 1 heterocycles. The van der Waals surface area contributed by atoms with Crippen molar-refractivity contribution < 1.29 is 9.53 Å². The highest BCUT2D eigenvalue weighted by Crippen LogP contribution is 2.45. The van der Waals surface area contributed by atoms with Gasteiger partial charge in [0.05, 0.1) is 12.0 Å². The lowest BCUT2D eigenvalue weighted by Gasteiger charge is -2.33. The van der Waals surface area contributed by atoms with Crippen molar-refractivity contribution in [2.75, 3.05) is 7.05 Å². The Bertz CT molecular complexity index is 890. The van der Waals surface area contributed by atoms with Crippen LogP contribution in [0.5, 0.6) is 11.5 Å². The quantitative estimate of drug-likeness (QED) is 0.659. The van der Waals surface area contributed by atoms with Gasteiger partial charge in [0.15, 0.2) is 0 Å². The molecule has 0 unspecified atom stereocenters. The molecule has 1 aliphatic rings. The molecule has 0 aromatic heterocycles. The van der Waals surface area contributed by atoms with Gasteiger partial charge in [-0.05, 0) is 24.6 Å². The summed E-state index contributed by atoms with van der Waals surface area (Å²) >= 11 is 0. The summed E-state index contributed by atoms with van der Waals surface area (Å²) in [6.07, 6.45) is 0. The third-order valence-corrected chi connectivity index (χ3v) is 5.14. The van der Waals surface area contributed by atoms with Crippen molar-refractivity contribution >= 4 is 5.91 Å². The first-order chi connectivity index (χ1) is 12.7. The molecule has 0 N–H and O–H groups in total. The number of benzene rings is 3. The van der Waals surface area contributed by atoms with Crippen LogP contribution in [0.25, 0.3) is 0 Å². The van der Waals surface area contributed by atoms with Crippen molar-refractivity contribution in [1.82, 2.24) is 4.90 Å². The molecule has 3 aromatic carbocycles. The van der Waals surface area contributed by atoms with Gasteiger partial charge in [0.1, 0.15) is 11.5 Å². The Morgan fingerprint density at radius 1 is 0.846 bits per heavy atom. The minimum absolute atomic E-state index is 0.00845. The highest BCUT2D eigenvalue weighted by molar-refractivity contribution is 5.89. The third kappa shape index (κ3) is 2.76. The number of fused-ring (bicyclic) bond motifs is 2. The standard InChI is InChI=1S/C23H21NO2/c1-16(17-10-4-3-5-11-17)24(2)23(25)22-18-12-6-8-14-20(18)26-21-15-9-7-13-19(21)22/h3-16,22H,1-2H3/t16-/m1/s1. The van der Waals surface area contributed by atoms with Crippen LogP contribution in [0, 0.1) is 0 Å². The van der Waals surface area contributed by atoms with Gasteiger partial charge in [0.25, 0.3) is 0 Å². The predicted octanol–water partition coefficient (Wildman–Crippen LogP) is 5.14. The molecule has 0 bridgehead atoms. The average molecular weight is 343 g/mol. The Kier molecular flexibility index (Phi) is 4.21. The minimum Gasteiger partial charge on any atom is -0.457 e. The smallest absolute Gasteiger partial charge is 0.235 e. The van der Waals surface area contributed by atoms with Crippen LogP contribution in [0.1, 0.15) is 35.6 Å². The summed E-state index contributed by atoms with van der Waals surface area (Å²) in [6, 6.07) is 25.7. The number of ether oxygens (including phenoxy) is 1. The summed E-state index contributed by atoms with van der Waals surface area (Å²) in [5.41, 5.74) is 2.96. The Balaban J connectivity index is 1.74. The lowest BCUT2D eigenvalue weighted by atomic mass is 9.86. The molecule has 0 saturated carbocycles. The topological polar surface area (TPSA) is 29.5 Å². The van der Waals surface area contributed by atoms with Crippen LogP contribution in [0.4, 0.5) is 0 Å². The molecule has 26 heavy (non-hydrogen) atoms. The van der Waals surface area contributed by atoms with E-state index in [1.807, 2.05) is 78.7 Å². The number of nitrogens with zero attached hydrogens (tertiary/aromatic N) is 1. The average Bonchev–Trinajstić information content (AvgIpc) is 2.71. The molecule has 0 spiro atoms. The van der Waals surface area contributed by atoms with E-state index in [2.05, 4.69) is 19.1 Å². The van der Waals surface area contributed by atoms with Crippen LogP contribution in [0.15, 0.2) is 78.9 Å². The number of para-hydroxylation sites is 2. The molecule has 1 aliphatic heterocycles. The number of hydrogen-bond donors (Lipinski definition) is 0. The molecule has 3 nitrogen and oxygen atoms in total. The fraction of sp³-hybridized carbons (Fsp3) is 0.174. The van der Waals surface area contributed by atoms with E-state index in [-0.39, 0.29) is 17.9 Å². The highest BCUT2D eigenvalue weighted by Gasteiger charge is 2.35. The van der Waals surface area contributed by atoms with Crippen LogP contribution in [-0.4, -0.2) is 17.9 Å². The molecule has 0 saturated heterocycles. The molecule has 3 aromatic rings. The number of rotatable bonds is 3. The SMILES string of the molecule is C[C@H](c1ccccc1)N(C)C(=O)C1c2ccccc2Oc2ccccc21. The maximum Gasteiger partial charge on any atom is 0.235 e. The number of carbonyl (C=O) groups is 1. The fourth-order valence-corrected chi connectivity index (χ4v) is 3.53. The van der Waals surface area contributed by atoms with Gasteiger partial charge in [0.2, 0.25) is 5.91 Å². The van der Waals surface area contributed by atoms with E-state index in [0.29, 0.717) is 0 Å². The number of carbonyl (C=O) groups excluding carboxylic acids is 1. The van der Waals surface area contributed by atoms with Crippen molar-refractivity contribution in [3.63, 3.8) is 0 Å². The molecule has 0 aliphatic carbocycles. The van der Waals surface area contributed by atoms with E-state index in [4.69, 9.17) is 4.74 Å². The summed E-state index contributed by atoms with van der Waals surface area (Å²) < 4.78 is 6.01. The van der Waals surface area contributed by atoms with Crippen molar-refractivity contribution in [3.05, 3.63) is 95.6 Å². The van der Waals surface area contributed by atoms with Crippen LogP contribution in [0.2, 0.25) is 0 Å². The fourth-order valence-electron chi connectivity index (χ4n) is 3.53. The summed E-state index contributed by atoms with van der Waals surface area (Å²) in [5, 5.41) is 0. The Hall–Kier alpha value is -3.07. The normalized spacial score (nSPS) is 13.9. The number of hydrogen-bond acceptors (Lipinski definition) is 2. The third-order valence-electron chi connectivity index (χ3n) is 5.14. The van der Waals surface area contributed by atoms with Gasteiger partial charge in [-0.1, -0.05) is 66.7 Å². The van der Waals surface area contributed by atoms with Crippen molar-refractivity contribution in [2.45, 2.75) is 18.9 Å². The van der Waals surface area contributed by atoms with Crippen LogP contribution in [0.3, 0.4) is 0 Å². The molecule has 3 heteroatoms. The Labute approximate surface area is 153 Å². The van der Waals surface area contributed by atoms with Crippen LogP contribution < -0.4 is 4.74 Å². The summed E-state index contributed by atoms with van der Waals surface area (Å²) in [7, 11) is 1.88. The predicted molar refractivity (Wildman–Crippen MR) is 102 cm³/mol. The molecule has 1 atom stereocenters. The van der Waals surface area contributed by atoms with Crippen molar-refractivity contribution in [1.29, 1.82) is 0 Å². The molecule has 0 fully saturated rings. The van der Waals surface area contributed by atoms with Crippen molar-refractivity contribution in [2.24, 2.45) is 0 Å². The van der Waals surface area contributed by atoms with Gasteiger partial charge in [-0.2, -0.15) is 0 Å². The van der Waals surface area contributed by atoms with Crippen molar-refractivity contribution in [3.8, 4) is 11.5 Å². The van der Waals surface area contributed by atoms with Gasteiger partial charge >= 0.3 is 0 Å². The van der Waals surface area contributed by atoms with Crippen LogP contribution in [-0.2, 0) is 4.79 Å². The maximum absolute atomic E-state index is 13.5. The summed E-state index contributed by atoms with van der Waals surface area (Å²) in [6.45, 7) is 2.06. The molecule has 0 radical (unpaired) electrons. The summed E-state index contributed by atoms with van der Waals surface area (Å²) in [5.74, 6) is 1.23. The zero-order valence-corrected chi connectivity index (χ0v) is 14.9. The molecular formula is C23H21NO2. The minimum atomic E-state index is -0.354. The van der Waals surface area contributed by atoms with E-state index in [0.717, 1.165) is 28.2 Å². The molecule has 130 valence electrons. The van der Waals surface area contributed by atoms with Crippen LogP contribution >= 0.6 is 0 Å². The van der Waals surface area contributed by atoms with Gasteiger partial charge in [-0.25, -0.2) is 0 Å². The van der Waals surface area contributed by atoms with Gasteiger partial charge < -0.3 is 9.64 Å². The first kappa shape index (κ1) is 16.4. The second kappa shape index (κ2) is 6.68. The van der Waals surface area contributed by atoms with E-state index in [9.17, 15) is 4.79 Å². The maximum atomic E-state index is 13.5. The monoisotopic (exact) mass is 343 g/mol. The molecule has 4 rings (SSSR count). The zero-order valence-electron chi connectivity index (χ0n) is 14.9. The lowest BCUT2D eigenvalue weighted by molar-refractivity contribution is -0.132. The molecule has 1 amide bonds. The summed E-state index contributed by atoms with van der Waals surface area (Å²) in [4.78, 5) is 15.3. The van der Waals surface area contributed by atoms with Gasteiger partial charge in [-0.15, -0.1) is 0 Å². The largest absolute Gasteiger partial charge is 0.457 e. The highest BCUT2D eigenvalue weighted by atomic mass is 16.5. The lowest BCUT2D eigenvalue weighted by Crippen LogP contribution is -2.35. The number of amides is 1.